The molecule has 0 bridgehead atoms. The van der Waals surface area contributed by atoms with Crippen molar-refractivity contribution in [2.75, 3.05) is 0 Å². The van der Waals surface area contributed by atoms with Crippen LogP contribution < -0.4 is 21.3 Å². The van der Waals surface area contributed by atoms with E-state index >= 15 is 0 Å². The molecule has 0 spiro atoms. The topological polar surface area (TPSA) is 208 Å². The quantitative estimate of drug-likeness (QED) is 0.103. The van der Waals surface area contributed by atoms with Gasteiger partial charge in [0.05, 0.1) is 6.42 Å². The lowest BCUT2D eigenvalue weighted by atomic mass is 9.85. The van der Waals surface area contributed by atoms with Crippen LogP contribution in [0.5, 0.6) is 0 Å². The van der Waals surface area contributed by atoms with E-state index in [1.165, 1.54) is 0 Å². The molecule has 0 radical (unpaired) electrons. The molecule has 44 heavy (non-hydrogen) atoms. The number of carboxylic acids is 2. The number of rotatable bonds is 21. The number of aliphatic carboxylic acids is 2. The van der Waals surface area contributed by atoms with Gasteiger partial charge < -0.3 is 31.5 Å². The van der Waals surface area contributed by atoms with E-state index in [-0.39, 0.29) is 36.4 Å². The van der Waals surface area contributed by atoms with Crippen molar-refractivity contribution in [1.82, 2.24) is 21.3 Å². The molecule has 4 amide bonds. The third-order valence-electron chi connectivity index (χ3n) is 7.23. The zero-order valence-electron chi connectivity index (χ0n) is 27.6. The largest absolute Gasteiger partial charge is 0.481 e. The van der Waals surface area contributed by atoms with Gasteiger partial charge in [0, 0.05) is 18.8 Å². The summed E-state index contributed by atoms with van der Waals surface area (Å²) in [7, 11) is 0. The van der Waals surface area contributed by atoms with Crippen LogP contribution in [-0.4, -0.2) is 75.7 Å². The van der Waals surface area contributed by atoms with Gasteiger partial charge in [-0.3, -0.25) is 28.8 Å². The lowest BCUT2D eigenvalue weighted by Crippen LogP contribution is -2.60. The van der Waals surface area contributed by atoms with Gasteiger partial charge in [0.15, 0.2) is 0 Å². The first-order valence-corrected chi connectivity index (χ1v) is 15.5. The van der Waals surface area contributed by atoms with Crippen LogP contribution in [-0.2, 0) is 33.6 Å². The molecule has 0 aromatic rings. The SMILES string of the molecule is CCCCCC(=O)CC(NC(=O)[C@@H](NC(=O)C(CC)CC)C(C)(C)C)C(=O)N[C@@H](CC(=O)O)C(=O)N[C@@H](CC(C)C)C(=O)O. The number of ketones is 1. The predicted molar refractivity (Wildman–Crippen MR) is 164 cm³/mol. The highest BCUT2D eigenvalue weighted by Gasteiger charge is 2.37. The number of unbranched alkanes of at least 4 members (excludes halogenated alkanes) is 2. The van der Waals surface area contributed by atoms with Crippen LogP contribution in [0.25, 0.3) is 0 Å². The second-order valence-corrected chi connectivity index (χ2v) is 12.8. The normalized spacial score (nSPS) is 14.2. The van der Waals surface area contributed by atoms with Crippen LogP contribution in [0.3, 0.4) is 0 Å². The van der Waals surface area contributed by atoms with Gasteiger partial charge in [-0.25, -0.2) is 4.79 Å². The van der Waals surface area contributed by atoms with Crippen molar-refractivity contribution in [2.24, 2.45) is 17.3 Å². The van der Waals surface area contributed by atoms with Crippen molar-refractivity contribution in [2.45, 2.75) is 137 Å². The van der Waals surface area contributed by atoms with Gasteiger partial charge in [-0.05, 0) is 37.0 Å². The van der Waals surface area contributed by atoms with Crippen molar-refractivity contribution in [3.8, 4) is 0 Å². The fourth-order valence-electron chi connectivity index (χ4n) is 4.58. The van der Waals surface area contributed by atoms with E-state index in [4.69, 9.17) is 0 Å². The highest BCUT2D eigenvalue weighted by molar-refractivity contribution is 5.98. The molecule has 0 aliphatic carbocycles. The number of Topliss-reactive ketones (excluding diaryl/α,β-unsaturated/α-hetero) is 1. The number of nitrogens with one attached hydrogen (secondary N) is 4. The molecule has 0 aromatic carbocycles. The average molecular weight is 627 g/mol. The van der Waals surface area contributed by atoms with Crippen molar-refractivity contribution in [3.05, 3.63) is 0 Å². The third kappa shape index (κ3) is 15.3. The minimum absolute atomic E-state index is 0.0661. The van der Waals surface area contributed by atoms with E-state index in [1.807, 2.05) is 20.8 Å². The Hall–Kier alpha value is -3.51. The molecule has 0 aromatic heterocycles. The van der Waals surface area contributed by atoms with Crippen LogP contribution in [0.1, 0.15) is 113 Å². The van der Waals surface area contributed by atoms with Crippen molar-refractivity contribution in [1.29, 1.82) is 0 Å². The van der Waals surface area contributed by atoms with Gasteiger partial charge in [-0.2, -0.15) is 0 Å². The molecular weight excluding hydrogens is 572 g/mol. The van der Waals surface area contributed by atoms with Crippen LogP contribution in [0, 0.1) is 17.3 Å². The fourth-order valence-corrected chi connectivity index (χ4v) is 4.58. The summed E-state index contributed by atoms with van der Waals surface area (Å²) in [6.07, 6.45) is 2.26. The molecule has 1 unspecified atom stereocenters. The minimum Gasteiger partial charge on any atom is -0.481 e. The van der Waals surface area contributed by atoms with E-state index in [0.29, 0.717) is 19.3 Å². The van der Waals surface area contributed by atoms with Crippen LogP contribution in [0.15, 0.2) is 0 Å². The number of hydrogen-bond acceptors (Lipinski definition) is 7. The van der Waals surface area contributed by atoms with Crippen LogP contribution >= 0.6 is 0 Å². The molecule has 252 valence electrons. The maximum atomic E-state index is 13.5. The molecule has 6 N–H and O–H groups in total. The first kappa shape index (κ1) is 40.5. The Kier molecular flexibility index (Phi) is 18.1. The van der Waals surface area contributed by atoms with Gasteiger partial charge in [0.2, 0.25) is 23.6 Å². The molecule has 4 atom stereocenters. The maximum Gasteiger partial charge on any atom is 0.326 e. The summed E-state index contributed by atoms with van der Waals surface area (Å²) < 4.78 is 0. The molecule has 0 rings (SSSR count). The molecule has 0 aliphatic rings. The lowest BCUT2D eigenvalue weighted by molar-refractivity contribution is -0.144. The minimum atomic E-state index is -1.68. The number of carbonyl (C=O) groups is 7. The summed E-state index contributed by atoms with van der Waals surface area (Å²) in [6, 6.07) is -5.57. The molecule has 0 fully saturated rings. The summed E-state index contributed by atoms with van der Waals surface area (Å²) >= 11 is 0. The zero-order chi connectivity index (χ0) is 34.2. The number of carboxylic acid groups (broad SMARTS) is 2. The molecule has 13 nitrogen and oxygen atoms in total. The number of carbonyl (C=O) groups excluding carboxylic acids is 5. The predicted octanol–water partition coefficient (Wildman–Crippen LogP) is 2.55. The summed E-state index contributed by atoms with van der Waals surface area (Å²) in [5, 5.41) is 28.8. The Morgan fingerprint density at radius 1 is 0.659 bits per heavy atom. The monoisotopic (exact) mass is 626 g/mol. The summed E-state index contributed by atoms with van der Waals surface area (Å²) in [4.78, 5) is 88.9. The Balaban J connectivity index is 6.23. The second-order valence-electron chi connectivity index (χ2n) is 12.8. The highest BCUT2D eigenvalue weighted by Crippen LogP contribution is 2.21. The Bertz CT molecular complexity index is 1000. The van der Waals surface area contributed by atoms with E-state index < -0.39 is 72.1 Å². The zero-order valence-corrected chi connectivity index (χ0v) is 27.6. The molecule has 0 saturated carbocycles. The lowest BCUT2D eigenvalue weighted by Gasteiger charge is -2.33. The van der Waals surface area contributed by atoms with E-state index in [2.05, 4.69) is 21.3 Å². The highest BCUT2D eigenvalue weighted by atomic mass is 16.4. The molecule has 0 aliphatic heterocycles. The van der Waals surface area contributed by atoms with Crippen LogP contribution in [0.4, 0.5) is 0 Å². The average Bonchev–Trinajstić information content (AvgIpc) is 2.90. The second kappa shape index (κ2) is 19.7. The standard InChI is InChI=1S/C31H54N4O9/c1-9-12-13-14-20(36)16-21(33-29(42)25(31(6,7)8)35-26(39)19(10-2)11-3)27(40)32-22(17-24(37)38)28(41)34-23(30(43)44)15-18(4)5/h18-19,21-23,25H,9-17H2,1-8H3,(H,32,40)(H,33,42)(H,34,41)(H,35,39)(H,37,38)(H,43,44)/t21?,22-,23-,25+/m0/s1. The Morgan fingerprint density at radius 3 is 1.59 bits per heavy atom. The van der Waals surface area contributed by atoms with Gasteiger partial charge in [-0.1, -0.05) is 68.2 Å². The molecular formula is C31H54N4O9. The summed E-state index contributed by atoms with van der Waals surface area (Å²) in [6.45, 7) is 14.4. The third-order valence-corrected chi connectivity index (χ3v) is 7.23. The number of hydrogen-bond donors (Lipinski definition) is 6. The van der Waals surface area contributed by atoms with Crippen molar-refractivity contribution < 1.29 is 43.8 Å². The Morgan fingerprint density at radius 2 is 1.16 bits per heavy atom. The van der Waals surface area contributed by atoms with E-state index in [9.17, 15) is 43.8 Å². The van der Waals surface area contributed by atoms with Gasteiger partial charge in [-0.15, -0.1) is 0 Å². The van der Waals surface area contributed by atoms with Crippen molar-refractivity contribution in [3.63, 3.8) is 0 Å². The molecule has 13 heteroatoms. The summed E-state index contributed by atoms with van der Waals surface area (Å²) in [5.74, 6) is -6.58. The number of amides is 4. The van der Waals surface area contributed by atoms with E-state index in [0.717, 1.165) is 12.8 Å². The fraction of sp³-hybridized carbons (Fsp3) is 0.774. The molecule has 0 heterocycles. The Labute approximate surface area is 261 Å². The smallest absolute Gasteiger partial charge is 0.326 e. The van der Waals surface area contributed by atoms with Gasteiger partial charge in [0.1, 0.15) is 30.0 Å². The maximum absolute atomic E-state index is 13.5. The van der Waals surface area contributed by atoms with Crippen molar-refractivity contribution >= 4 is 41.4 Å². The first-order valence-electron chi connectivity index (χ1n) is 15.5. The van der Waals surface area contributed by atoms with Crippen LogP contribution in [0.2, 0.25) is 0 Å². The van der Waals surface area contributed by atoms with E-state index in [1.54, 1.807) is 34.6 Å². The van der Waals surface area contributed by atoms with Gasteiger partial charge in [0.25, 0.3) is 0 Å². The van der Waals surface area contributed by atoms with Gasteiger partial charge >= 0.3 is 11.9 Å². The first-order chi connectivity index (χ1) is 20.4. The summed E-state index contributed by atoms with van der Waals surface area (Å²) in [5.41, 5.74) is -0.786. The molecule has 0 saturated heterocycles.